The number of hydrogen-bond acceptors (Lipinski definition) is 4. The Balaban J connectivity index is 1.71. The van der Waals surface area contributed by atoms with Crippen LogP contribution in [0, 0.1) is 19.8 Å². The Bertz CT molecular complexity index is 1110. The molecule has 0 unspecified atom stereocenters. The summed E-state index contributed by atoms with van der Waals surface area (Å²) in [5.41, 5.74) is 6.43. The van der Waals surface area contributed by atoms with Crippen LogP contribution < -0.4 is 5.32 Å². The first-order chi connectivity index (χ1) is 14.5. The normalized spacial score (nSPS) is 16.2. The van der Waals surface area contributed by atoms with E-state index in [0.717, 1.165) is 71.8 Å². The van der Waals surface area contributed by atoms with Gasteiger partial charge in [0.2, 0.25) is 0 Å². The van der Waals surface area contributed by atoms with E-state index in [1.807, 2.05) is 42.8 Å². The number of imidazole rings is 1. The van der Waals surface area contributed by atoms with Gasteiger partial charge >= 0.3 is 0 Å². The van der Waals surface area contributed by atoms with Gasteiger partial charge < -0.3 is 14.6 Å². The van der Waals surface area contributed by atoms with Gasteiger partial charge in [-0.05, 0) is 87.8 Å². The third kappa shape index (κ3) is 4.00. The van der Waals surface area contributed by atoms with E-state index in [1.54, 1.807) is 0 Å². The molecule has 3 aromatic rings. The predicted molar refractivity (Wildman–Crippen MR) is 122 cm³/mol. The second kappa shape index (κ2) is 8.40. The Hall–Kier alpha value is -2.99. The number of carbonyl (C=O) groups excluding carboxylic acids is 1. The van der Waals surface area contributed by atoms with Crippen molar-refractivity contribution in [3.63, 3.8) is 0 Å². The van der Waals surface area contributed by atoms with Crippen LogP contribution in [0.15, 0.2) is 41.7 Å². The molecule has 0 bridgehead atoms. The molecule has 2 aromatic heterocycles. The molecule has 3 heterocycles. The molecule has 1 N–H and O–H groups in total. The topological polar surface area (TPSA) is 62.0 Å². The van der Waals surface area contributed by atoms with E-state index >= 15 is 0 Å². The summed E-state index contributed by atoms with van der Waals surface area (Å²) in [6.07, 6.45) is 7.13. The summed E-state index contributed by atoms with van der Waals surface area (Å²) in [5, 5.41) is 3.28. The van der Waals surface area contributed by atoms with Crippen LogP contribution in [-0.4, -0.2) is 53.6 Å². The number of aliphatic imine (C=N–C) groups is 1. The molecule has 1 aromatic carbocycles. The van der Waals surface area contributed by atoms with Crippen LogP contribution in [-0.2, 0) is 0 Å². The first-order valence-corrected chi connectivity index (χ1v) is 10.5. The molecule has 1 saturated heterocycles. The van der Waals surface area contributed by atoms with Gasteiger partial charge in [-0.3, -0.25) is 4.79 Å². The zero-order chi connectivity index (χ0) is 21.3. The highest BCUT2D eigenvalue weighted by Crippen LogP contribution is 2.31. The highest BCUT2D eigenvalue weighted by atomic mass is 16.1. The Kier molecular flexibility index (Phi) is 5.68. The van der Waals surface area contributed by atoms with Crippen molar-refractivity contribution in [3.05, 3.63) is 53.5 Å². The van der Waals surface area contributed by atoms with E-state index in [2.05, 4.69) is 41.4 Å². The van der Waals surface area contributed by atoms with Crippen molar-refractivity contribution >= 4 is 23.5 Å². The van der Waals surface area contributed by atoms with Crippen LogP contribution in [0.3, 0.4) is 0 Å². The summed E-state index contributed by atoms with van der Waals surface area (Å²) in [7, 11) is 4.07. The van der Waals surface area contributed by atoms with Gasteiger partial charge in [-0.15, -0.1) is 0 Å². The number of rotatable bonds is 4. The summed E-state index contributed by atoms with van der Waals surface area (Å²) in [4.78, 5) is 23.6. The third-order valence-electron chi connectivity index (χ3n) is 5.99. The lowest BCUT2D eigenvalue weighted by Gasteiger charge is -2.29. The van der Waals surface area contributed by atoms with Gasteiger partial charge in [0.1, 0.15) is 11.5 Å². The van der Waals surface area contributed by atoms with E-state index in [4.69, 9.17) is 4.99 Å². The van der Waals surface area contributed by atoms with Crippen LogP contribution in [0.25, 0.3) is 16.8 Å². The van der Waals surface area contributed by atoms with Crippen LogP contribution >= 0.6 is 0 Å². The molecule has 0 spiro atoms. The lowest BCUT2D eigenvalue weighted by atomic mass is 9.95. The summed E-state index contributed by atoms with van der Waals surface area (Å²) in [5.74, 6) is 1.37. The molecule has 0 saturated carbocycles. The molecule has 0 atom stereocenters. The van der Waals surface area contributed by atoms with Crippen molar-refractivity contribution in [3.8, 4) is 11.1 Å². The van der Waals surface area contributed by atoms with Gasteiger partial charge in [0, 0.05) is 30.9 Å². The average Bonchev–Trinajstić information content (AvgIpc) is 3.12. The molecule has 0 radical (unpaired) electrons. The molecule has 156 valence electrons. The molecule has 0 amide bonds. The maximum atomic E-state index is 11.9. The van der Waals surface area contributed by atoms with Gasteiger partial charge in [0.15, 0.2) is 6.29 Å². The minimum Gasteiger partial charge on any atom is -0.376 e. The number of aldehydes is 1. The number of nitrogens with one attached hydrogen (secondary N) is 1. The van der Waals surface area contributed by atoms with Crippen molar-refractivity contribution in [1.82, 2.24) is 19.6 Å². The number of hydrogen-bond donors (Lipinski definition) is 1. The molecule has 30 heavy (non-hydrogen) atoms. The Labute approximate surface area is 177 Å². The molecule has 6 nitrogen and oxygen atoms in total. The smallest absolute Gasteiger partial charge is 0.152 e. The predicted octanol–water partition coefficient (Wildman–Crippen LogP) is 4.02. The number of piperidine rings is 1. The zero-order valence-corrected chi connectivity index (χ0v) is 18.1. The molecule has 1 aliphatic heterocycles. The zero-order valence-electron chi connectivity index (χ0n) is 18.1. The van der Waals surface area contributed by atoms with Crippen molar-refractivity contribution in [2.45, 2.75) is 26.7 Å². The van der Waals surface area contributed by atoms with Gasteiger partial charge in [-0.2, -0.15) is 0 Å². The highest BCUT2D eigenvalue weighted by Gasteiger charge is 2.21. The quantitative estimate of drug-likeness (QED) is 0.406. The van der Waals surface area contributed by atoms with Gasteiger partial charge in [-0.25, -0.2) is 9.98 Å². The molecule has 1 aliphatic rings. The summed E-state index contributed by atoms with van der Waals surface area (Å²) in [6.45, 7) is 6.19. The summed E-state index contributed by atoms with van der Waals surface area (Å²) < 4.78 is 2.02. The molecule has 1 fully saturated rings. The van der Waals surface area contributed by atoms with Crippen LogP contribution in [0.5, 0.6) is 0 Å². The number of benzene rings is 1. The number of likely N-dealkylation sites (tertiary alicyclic amines) is 1. The molecule has 4 rings (SSSR count). The number of nitrogens with zero attached hydrogens (tertiary/aromatic N) is 4. The molecule has 6 heteroatoms. The van der Waals surface area contributed by atoms with Crippen LogP contribution in [0.1, 0.15) is 34.5 Å². The van der Waals surface area contributed by atoms with E-state index in [-0.39, 0.29) is 0 Å². The monoisotopic (exact) mass is 403 g/mol. The summed E-state index contributed by atoms with van der Waals surface area (Å²) in [6, 6.07) is 8.04. The number of pyridine rings is 1. The number of carbonyl (C=O) groups is 1. The Morgan fingerprint density at radius 3 is 2.67 bits per heavy atom. The standard InChI is InChI=1S/C24H29N5O/c1-16-11-22(27-24(25-3)18-7-9-28(4)10-8-18)20(15-30)12-21(16)19-5-6-23-26-17(2)13-29(23)14-19/h5-6,11-15,18H,7-10H2,1-4H3,(H,25,27). The van der Waals surface area contributed by atoms with Crippen LogP contribution in [0.4, 0.5) is 5.69 Å². The van der Waals surface area contributed by atoms with Crippen molar-refractivity contribution in [2.75, 3.05) is 27.2 Å². The van der Waals surface area contributed by atoms with Gasteiger partial charge in [0.05, 0.1) is 11.4 Å². The van der Waals surface area contributed by atoms with Gasteiger partial charge in [0.25, 0.3) is 0 Å². The van der Waals surface area contributed by atoms with E-state index in [0.29, 0.717) is 11.5 Å². The lowest BCUT2D eigenvalue weighted by Crippen LogP contribution is -2.37. The second-order valence-corrected chi connectivity index (χ2v) is 8.23. The Morgan fingerprint density at radius 1 is 1.20 bits per heavy atom. The maximum Gasteiger partial charge on any atom is 0.152 e. The molecular weight excluding hydrogens is 374 g/mol. The maximum absolute atomic E-state index is 11.9. The van der Waals surface area contributed by atoms with Crippen molar-refractivity contribution in [1.29, 1.82) is 0 Å². The molecular formula is C24H29N5O. The fourth-order valence-corrected chi connectivity index (χ4v) is 4.25. The summed E-state index contributed by atoms with van der Waals surface area (Å²) >= 11 is 0. The first kappa shape index (κ1) is 20.3. The molecule has 0 aliphatic carbocycles. The van der Waals surface area contributed by atoms with E-state index < -0.39 is 0 Å². The minimum absolute atomic E-state index is 0.401. The highest BCUT2D eigenvalue weighted by molar-refractivity contribution is 5.92. The minimum atomic E-state index is 0.401. The van der Waals surface area contributed by atoms with E-state index in [9.17, 15) is 4.79 Å². The fraction of sp³-hybridized carbons (Fsp3) is 0.375. The third-order valence-corrected chi connectivity index (χ3v) is 5.99. The number of aryl methyl sites for hydroxylation is 2. The van der Waals surface area contributed by atoms with Crippen molar-refractivity contribution in [2.24, 2.45) is 10.9 Å². The van der Waals surface area contributed by atoms with Crippen LogP contribution in [0.2, 0.25) is 0 Å². The van der Waals surface area contributed by atoms with Gasteiger partial charge in [-0.1, -0.05) is 0 Å². The SMILES string of the molecule is CN/C(=N\c1cc(C)c(-c2ccc3nc(C)cn3c2)cc1C=O)C1CCN(C)CC1. The van der Waals surface area contributed by atoms with E-state index in [1.165, 1.54) is 0 Å². The second-order valence-electron chi connectivity index (χ2n) is 8.23. The first-order valence-electron chi connectivity index (χ1n) is 10.5. The fourth-order valence-electron chi connectivity index (χ4n) is 4.25. The lowest BCUT2D eigenvalue weighted by molar-refractivity contribution is 0.112. The number of fused-ring (bicyclic) bond motifs is 1. The largest absolute Gasteiger partial charge is 0.376 e. The Morgan fingerprint density at radius 2 is 1.97 bits per heavy atom. The number of amidine groups is 1. The average molecular weight is 404 g/mol. The number of aromatic nitrogens is 2. The van der Waals surface area contributed by atoms with Crippen molar-refractivity contribution < 1.29 is 4.79 Å².